The first-order valence-corrected chi connectivity index (χ1v) is 8.20. The minimum absolute atomic E-state index is 0.0141. The lowest BCUT2D eigenvalue weighted by Crippen LogP contribution is -2.38. The van der Waals surface area contributed by atoms with E-state index in [0.29, 0.717) is 30.5 Å². The topological polar surface area (TPSA) is 94.9 Å². The maximum Gasteiger partial charge on any atom is 0.335 e. The van der Waals surface area contributed by atoms with Gasteiger partial charge in [0.1, 0.15) is 0 Å². The van der Waals surface area contributed by atoms with E-state index < -0.39 is 22.0 Å². The number of sulfonamides is 1. The Balaban J connectivity index is 2.56. The molecule has 1 heterocycles. The number of hydrogen-bond acceptors (Lipinski definition) is 4. The highest BCUT2D eigenvalue weighted by Gasteiger charge is 2.36. The highest BCUT2D eigenvalue weighted by molar-refractivity contribution is 7.89. The molecule has 0 bridgehead atoms. The summed E-state index contributed by atoms with van der Waals surface area (Å²) in [5.74, 6) is -1.16. The van der Waals surface area contributed by atoms with Crippen LogP contribution in [0.25, 0.3) is 0 Å². The van der Waals surface area contributed by atoms with Gasteiger partial charge in [0.05, 0.1) is 17.1 Å². The van der Waals surface area contributed by atoms with Crippen molar-refractivity contribution < 1.29 is 23.4 Å². The van der Waals surface area contributed by atoms with Crippen LogP contribution in [0.4, 0.5) is 0 Å². The minimum atomic E-state index is -3.80. The Bertz CT molecular complexity index is 668. The molecule has 1 saturated heterocycles. The van der Waals surface area contributed by atoms with E-state index in [2.05, 4.69) is 0 Å². The van der Waals surface area contributed by atoms with Crippen LogP contribution >= 0.6 is 0 Å². The molecule has 7 heteroatoms. The van der Waals surface area contributed by atoms with E-state index in [1.807, 2.05) is 0 Å². The third-order valence-corrected chi connectivity index (χ3v) is 6.07. The maximum absolute atomic E-state index is 12.8. The Hall–Kier alpha value is -1.44. The standard InChI is InChI=1S/C14H19NO5S/c1-9-6-11(14(17)18)7-13(10(9)2)21(19,20)15-5-3-4-12(15)8-16/h6-7,12,16H,3-5,8H2,1-2H3,(H,17,18)/t12-/m0/s1. The van der Waals surface area contributed by atoms with Gasteiger partial charge in [-0.1, -0.05) is 0 Å². The Morgan fingerprint density at radius 1 is 1.38 bits per heavy atom. The molecule has 1 aliphatic heterocycles. The molecule has 1 atom stereocenters. The summed E-state index contributed by atoms with van der Waals surface area (Å²) in [7, 11) is -3.80. The average molecular weight is 313 g/mol. The number of carboxylic acids is 1. The van der Waals surface area contributed by atoms with Gasteiger partial charge in [0.2, 0.25) is 10.0 Å². The zero-order valence-electron chi connectivity index (χ0n) is 12.0. The van der Waals surface area contributed by atoms with Crippen molar-refractivity contribution in [2.75, 3.05) is 13.2 Å². The Morgan fingerprint density at radius 3 is 2.62 bits per heavy atom. The molecular weight excluding hydrogens is 294 g/mol. The fourth-order valence-corrected chi connectivity index (χ4v) is 4.66. The molecule has 2 rings (SSSR count). The summed E-state index contributed by atoms with van der Waals surface area (Å²) in [6.07, 6.45) is 1.31. The molecule has 0 radical (unpaired) electrons. The first kappa shape index (κ1) is 15.9. The molecule has 21 heavy (non-hydrogen) atoms. The van der Waals surface area contributed by atoms with Gasteiger partial charge >= 0.3 is 5.97 Å². The number of rotatable bonds is 4. The Labute approximate surface area is 124 Å². The lowest BCUT2D eigenvalue weighted by Gasteiger charge is -2.24. The van der Waals surface area contributed by atoms with Gasteiger partial charge in [-0.25, -0.2) is 13.2 Å². The average Bonchev–Trinajstić information content (AvgIpc) is 2.90. The molecule has 1 aromatic carbocycles. The van der Waals surface area contributed by atoms with Gasteiger partial charge < -0.3 is 10.2 Å². The summed E-state index contributed by atoms with van der Waals surface area (Å²) in [5.41, 5.74) is 1.12. The van der Waals surface area contributed by atoms with Crippen molar-refractivity contribution in [2.24, 2.45) is 0 Å². The zero-order valence-corrected chi connectivity index (χ0v) is 12.9. The second-order valence-corrected chi connectivity index (χ2v) is 7.17. The van der Waals surface area contributed by atoms with Gasteiger partial charge in [-0.3, -0.25) is 0 Å². The number of hydrogen-bond donors (Lipinski definition) is 2. The van der Waals surface area contributed by atoms with Gasteiger partial charge in [-0.15, -0.1) is 0 Å². The Morgan fingerprint density at radius 2 is 2.05 bits per heavy atom. The van der Waals surface area contributed by atoms with Crippen molar-refractivity contribution in [3.8, 4) is 0 Å². The van der Waals surface area contributed by atoms with Crippen LogP contribution in [0.3, 0.4) is 0 Å². The first-order chi connectivity index (χ1) is 9.78. The number of aryl methyl sites for hydroxylation is 1. The summed E-state index contributed by atoms with van der Waals surface area (Å²) in [6, 6.07) is 2.24. The van der Waals surface area contributed by atoms with E-state index in [1.54, 1.807) is 13.8 Å². The quantitative estimate of drug-likeness (QED) is 0.869. The Kier molecular flexibility index (Phi) is 4.36. The van der Waals surface area contributed by atoms with Crippen molar-refractivity contribution in [2.45, 2.75) is 37.6 Å². The number of aliphatic hydroxyl groups excluding tert-OH is 1. The van der Waals surface area contributed by atoms with Crippen LogP contribution in [0.5, 0.6) is 0 Å². The second-order valence-electron chi connectivity index (χ2n) is 5.32. The van der Waals surface area contributed by atoms with Crippen molar-refractivity contribution >= 4 is 16.0 Å². The van der Waals surface area contributed by atoms with Crippen LogP contribution in [0.1, 0.15) is 34.3 Å². The van der Waals surface area contributed by atoms with Gasteiger partial charge in [-0.2, -0.15) is 4.31 Å². The fourth-order valence-electron chi connectivity index (χ4n) is 2.65. The molecule has 0 aliphatic carbocycles. The third kappa shape index (κ3) is 2.81. The summed E-state index contributed by atoms with van der Waals surface area (Å²) in [4.78, 5) is 11.2. The second kappa shape index (κ2) is 5.75. The summed E-state index contributed by atoms with van der Waals surface area (Å²) < 4.78 is 26.8. The molecule has 6 nitrogen and oxygen atoms in total. The lowest BCUT2D eigenvalue weighted by atomic mass is 10.1. The van der Waals surface area contributed by atoms with E-state index in [0.717, 1.165) is 0 Å². The van der Waals surface area contributed by atoms with Gasteiger partial charge in [0, 0.05) is 12.6 Å². The largest absolute Gasteiger partial charge is 0.478 e. The van der Waals surface area contributed by atoms with E-state index >= 15 is 0 Å². The normalized spacial score (nSPS) is 19.9. The van der Waals surface area contributed by atoms with Crippen molar-refractivity contribution in [1.29, 1.82) is 0 Å². The van der Waals surface area contributed by atoms with Crippen molar-refractivity contribution in [3.05, 3.63) is 28.8 Å². The van der Waals surface area contributed by atoms with Crippen LogP contribution in [0, 0.1) is 13.8 Å². The molecular formula is C14H19NO5S. The molecule has 0 amide bonds. The summed E-state index contributed by atoms with van der Waals surface area (Å²) in [6.45, 7) is 3.48. The third-order valence-electron chi connectivity index (χ3n) is 3.99. The number of benzene rings is 1. The van der Waals surface area contributed by atoms with Crippen LogP contribution in [-0.4, -0.2) is 48.1 Å². The van der Waals surface area contributed by atoms with E-state index in [4.69, 9.17) is 5.11 Å². The molecule has 0 saturated carbocycles. The maximum atomic E-state index is 12.8. The van der Waals surface area contributed by atoms with Crippen molar-refractivity contribution in [3.63, 3.8) is 0 Å². The highest BCUT2D eigenvalue weighted by atomic mass is 32.2. The molecule has 0 unspecified atom stereocenters. The number of carboxylic acid groups (broad SMARTS) is 1. The molecule has 1 fully saturated rings. The fraction of sp³-hybridized carbons (Fsp3) is 0.500. The van der Waals surface area contributed by atoms with Crippen molar-refractivity contribution in [1.82, 2.24) is 4.31 Å². The van der Waals surface area contributed by atoms with Gasteiger partial charge in [0.25, 0.3) is 0 Å². The van der Waals surface area contributed by atoms with E-state index in [1.165, 1.54) is 16.4 Å². The number of carbonyl (C=O) groups is 1. The monoisotopic (exact) mass is 313 g/mol. The summed E-state index contributed by atoms with van der Waals surface area (Å²) >= 11 is 0. The molecule has 116 valence electrons. The predicted octanol–water partition coefficient (Wildman–Crippen LogP) is 1.15. The minimum Gasteiger partial charge on any atom is -0.478 e. The SMILES string of the molecule is Cc1cc(C(=O)O)cc(S(=O)(=O)N2CCC[C@H]2CO)c1C. The highest BCUT2D eigenvalue weighted by Crippen LogP contribution is 2.29. The predicted molar refractivity (Wildman–Crippen MR) is 76.9 cm³/mol. The van der Waals surface area contributed by atoms with E-state index in [-0.39, 0.29) is 17.1 Å². The number of aromatic carboxylic acids is 1. The zero-order chi connectivity index (χ0) is 15.8. The molecule has 0 aromatic heterocycles. The lowest BCUT2D eigenvalue weighted by molar-refractivity contribution is 0.0696. The van der Waals surface area contributed by atoms with Crippen LogP contribution in [-0.2, 0) is 10.0 Å². The van der Waals surface area contributed by atoms with E-state index in [9.17, 15) is 18.3 Å². The van der Waals surface area contributed by atoms with Gasteiger partial charge in [-0.05, 0) is 49.9 Å². The molecule has 1 aromatic rings. The number of aliphatic hydroxyl groups is 1. The molecule has 1 aliphatic rings. The number of nitrogens with zero attached hydrogens (tertiary/aromatic N) is 1. The van der Waals surface area contributed by atoms with Crippen LogP contribution in [0.2, 0.25) is 0 Å². The smallest absolute Gasteiger partial charge is 0.335 e. The van der Waals surface area contributed by atoms with Crippen LogP contribution in [0.15, 0.2) is 17.0 Å². The summed E-state index contributed by atoms with van der Waals surface area (Å²) in [5, 5.41) is 18.4. The first-order valence-electron chi connectivity index (χ1n) is 6.76. The molecule has 0 spiro atoms. The van der Waals surface area contributed by atoms with Crippen LogP contribution < -0.4 is 0 Å². The van der Waals surface area contributed by atoms with Gasteiger partial charge in [0.15, 0.2) is 0 Å². The molecule has 2 N–H and O–H groups in total.